The number of nitro benzene ring substituents is 1. The summed E-state index contributed by atoms with van der Waals surface area (Å²) in [6.07, 6.45) is 1.18. The molecule has 0 atom stereocenters. The van der Waals surface area contributed by atoms with Gasteiger partial charge in [0.15, 0.2) is 0 Å². The SMILES string of the molecule is Cc1ccc(S(=O)(=O)NC2CC(N)C2)cc1[N+](=O)[O-]. The first-order chi connectivity index (χ1) is 8.79. The van der Waals surface area contributed by atoms with E-state index < -0.39 is 14.9 Å². The summed E-state index contributed by atoms with van der Waals surface area (Å²) in [5, 5.41) is 10.8. The van der Waals surface area contributed by atoms with Gasteiger partial charge in [-0.25, -0.2) is 13.1 Å². The van der Waals surface area contributed by atoms with Crippen molar-refractivity contribution in [1.29, 1.82) is 0 Å². The largest absolute Gasteiger partial charge is 0.328 e. The topological polar surface area (TPSA) is 115 Å². The van der Waals surface area contributed by atoms with E-state index in [1.165, 1.54) is 12.1 Å². The molecule has 7 nitrogen and oxygen atoms in total. The fourth-order valence-corrected chi connectivity index (χ4v) is 3.28. The summed E-state index contributed by atoms with van der Waals surface area (Å²) >= 11 is 0. The second-order valence-corrected chi connectivity index (χ2v) is 6.47. The number of benzene rings is 1. The maximum atomic E-state index is 12.1. The summed E-state index contributed by atoms with van der Waals surface area (Å²) in [5.74, 6) is 0. The molecule has 0 amide bonds. The molecule has 1 aromatic carbocycles. The van der Waals surface area contributed by atoms with Crippen molar-refractivity contribution in [3.05, 3.63) is 33.9 Å². The summed E-state index contributed by atoms with van der Waals surface area (Å²) in [4.78, 5) is 10.1. The lowest BCUT2D eigenvalue weighted by Crippen LogP contribution is -2.50. The second-order valence-electron chi connectivity index (χ2n) is 4.76. The number of sulfonamides is 1. The van der Waals surface area contributed by atoms with Crippen molar-refractivity contribution in [3.8, 4) is 0 Å². The molecule has 0 unspecified atom stereocenters. The van der Waals surface area contributed by atoms with Crippen molar-refractivity contribution in [1.82, 2.24) is 4.72 Å². The monoisotopic (exact) mass is 285 g/mol. The molecule has 0 heterocycles. The van der Waals surface area contributed by atoms with Gasteiger partial charge in [-0.1, -0.05) is 6.07 Å². The Balaban J connectivity index is 2.25. The van der Waals surface area contributed by atoms with Gasteiger partial charge in [-0.3, -0.25) is 10.1 Å². The molecular weight excluding hydrogens is 270 g/mol. The van der Waals surface area contributed by atoms with E-state index in [1.807, 2.05) is 0 Å². The quantitative estimate of drug-likeness (QED) is 0.623. The highest BCUT2D eigenvalue weighted by molar-refractivity contribution is 7.89. The standard InChI is InChI=1S/C11H15N3O4S/c1-7-2-3-10(6-11(7)14(15)16)19(17,18)13-9-4-8(12)5-9/h2-3,6,8-9,13H,4-5,12H2,1H3. The first-order valence-electron chi connectivity index (χ1n) is 5.82. The molecule has 8 heteroatoms. The zero-order valence-electron chi connectivity index (χ0n) is 10.4. The van der Waals surface area contributed by atoms with E-state index in [9.17, 15) is 18.5 Å². The number of rotatable bonds is 4. The van der Waals surface area contributed by atoms with Crippen molar-refractivity contribution >= 4 is 15.7 Å². The van der Waals surface area contributed by atoms with Crippen LogP contribution >= 0.6 is 0 Å². The van der Waals surface area contributed by atoms with E-state index in [4.69, 9.17) is 5.73 Å². The van der Waals surface area contributed by atoms with E-state index in [0.717, 1.165) is 6.07 Å². The lowest BCUT2D eigenvalue weighted by Gasteiger charge is -2.32. The van der Waals surface area contributed by atoms with Crippen molar-refractivity contribution in [2.75, 3.05) is 0 Å². The van der Waals surface area contributed by atoms with E-state index in [2.05, 4.69) is 4.72 Å². The van der Waals surface area contributed by atoms with Crippen LogP contribution in [0.1, 0.15) is 18.4 Å². The van der Waals surface area contributed by atoms with Crippen LogP contribution in [0.2, 0.25) is 0 Å². The summed E-state index contributed by atoms with van der Waals surface area (Å²) in [6.45, 7) is 1.56. The molecule has 2 rings (SSSR count). The third-order valence-electron chi connectivity index (χ3n) is 3.18. The summed E-state index contributed by atoms with van der Waals surface area (Å²) in [7, 11) is -3.73. The van der Waals surface area contributed by atoms with E-state index >= 15 is 0 Å². The molecule has 0 radical (unpaired) electrons. The second kappa shape index (κ2) is 4.87. The average Bonchev–Trinajstić information content (AvgIpc) is 2.26. The molecule has 104 valence electrons. The van der Waals surface area contributed by atoms with Crippen LogP contribution in [0.4, 0.5) is 5.69 Å². The predicted molar refractivity (Wildman–Crippen MR) is 69.2 cm³/mol. The van der Waals surface area contributed by atoms with Gasteiger partial charge >= 0.3 is 0 Å². The molecule has 1 aliphatic carbocycles. The third-order valence-corrected chi connectivity index (χ3v) is 4.70. The lowest BCUT2D eigenvalue weighted by atomic mass is 9.89. The molecule has 1 aromatic rings. The highest BCUT2D eigenvalue weighted by Gasteiger charge is 2.31. The van der Waals surface area contributed by atoms with Crippen LogP contribution in [0.5, 0.6) is 0 Å². The van der Waals surface area contributed by atoms with Gasteiger partial charge in [0.25, 0.3) is 5.69 Å². The molecule has 0 aromatic heterocycles. The minimum atomic E-state index is -3.73. The number of nitrogens with one attached hydrogen (secondary N) is 1. The minimum Gasteiger partial charge on any atom is -0.328 e. The van der Waals surface area contributed by atoms with Crippen molar-refractivity contribution in [3.63, 3.8) is 0 Å². The van der Waals surface area contributed by atoms with Crippen LogP contribution < -0.4 is 10.5 Å². The molecule has 1 saturated carbocycles. The van der Waals surface area contributed by atoms with Gasteiger partial charge in [0.05, 0.1) is 9.82 Å². The van der Waals surface area contributed by atoms with Gasteiger partial charge in [0, 0.05) is 23.7 Å². The maximum Gasteiger partial charge on any atom is 0.273 e. The Kier molecular flexibility index (Phi) is 3.57. The number of nitrogens with two attached hydrogens (primary N) is 1. The molecule has 1 aliphatic rings. The Labute approximate surface area is 111 Å². The number of nitrogens with zero attached hydrogens (tertiary/aromatic N) is 1. The van der Waals surface area contributed by atoms with E-state index in [1.54, 1.807) is 6.92 Å². The zero-order valence-corrected chi connectivity index (χ0v) is 11.2. The molecule has 0 spiro atoms. The highest BCUT2D eigenvalue weighted by atomic mass is 32.2. The van der Waals surface area contributed by atoms with Gasteiger partial charge in [-0.05, 0) is 25.8 Å². The van der Waals surface area contributed by atoms with Crippen LogP contribution in [0.3, 0.4) is 0 Å². The van der Waals surface area contributed by atoms with Crippen molar-refractivity contribution < 1.29 is 13.3 Å². The molecular formula is C11H15N3O4S. The Morgan fingerprint density at radius 2 is 2.05 bits per heavy atom. The van der Waals surface area contributed by atoms with Crippen molar-refractivity contribution in [2.24, 2.45) is 5.73 Å². The Bertz CT molecular complexity index is 608. The van der Waals surface area contributed by atoms with E-state index in [-0.39, 0.29) is 22.7 Å². The fourth-order valence-electron chi connectivity index (χ4n) is 2.00. The molecule has 1 fully saturated rings. The maximum absolute atomic E-state index is 12.1. The first-order valence-corrected chi connectivity index (χ1v) is 7.31. The summed E-state index contributed by atoms with van der Waals surface area (Å²) in [5.41, 5.74) is 5.81. The average molecular weight is 285 g/mol. The van der Waals surface area contributed by atoms with Crippen LogP contribution in [-0.4, -0.2) is 25.4 Å². The fraction of sp³-hybridized carbons (Fsp3) is 0.455. The highest BCUT2D eigenvalue weighted by Crippen LogP contribution is 2.24. The molecule has 19 heavy (non-hydrogen) atoms. The van der Waals surface area contributed by atoms with Gasteiger partial charge < -0.3 is 5.73 Å². The Morgan fingerprint density at radius 3 is 2.58 bits per heavy atom. The van der Waals surface area contributed by atoms with Crippen LogP contribution in [-0.2, 0) is 10.0 Å². The molecule has 0 saturated heterocycles. The number of aryl methyl sites for hydroxylation is 1. The summed E-state index contributed by atoms with van der Waals surface area (Å²) < 4.78 is 26.6. The van der Waals surface area contributed by atoms with Crippen LogP contribution in [0.15, 0.2) is 23.1 Å². The van der Waals surface area contributed by atoms with E-state index in [0.29, 0.717) is 18.4 Å². The molecule has 0 bridgehead atoms. The van der Waals surface area contributed by atoms with Gasteiger partial charge in [0.2, 0.25) is 10.0 Å². The normalized spacial score (nSPS) is 22.8. The minimum absolute atomic E-state index is 0.0278. The van der Waals surface area contributed by atoms with Crippen LogP contribution in [0, 0.1) is 17.0 Å². The van der Waals surface area contributed by atoms with Gasteiger partial charge in [-0.15, -0.1) is 0 Å². The third kappa shape index (κ3) is 2.91. The number of nitro groups is 1. The van der Waals surface area contributed by atoms with Crippen LogP contribution in [0.25, 0.3) is 0 Å². The van der Waals surface area contributed by atoms with Gasteiger partial charge in [0.1, 0.15) is 0 Å². The number of hydrogen-bond acceptors (Lipinski definition) is 5. The van der Waals surface area contributed by atoms with Crippen molar-refractivity contribution in [2.45, 2.75) is 36.7 Å². The molecule has 3 N–H and O–H groups in total. The molecule has 0 aliphatic heterocycles. The lowest BCUT2D eigenvalue weighted by molar-refractivity contribution is -0.385. The summed E-state index contributed by atoms with van der Waals surface area (Å²) in [6, 6.07) is 3.72. The van der Waals surface area contributed by atoms with Gasteiger partial charge in [-0.2, -0.15) is 0 Å². The zero-order chi connectivity index (χ0) is 14.2. The number of hydrogen-bond donors (Lipinski definition) is 2. The first kappa shape index (κ1) is 13.9. The predicted octanol–water partition coefficient (Wildman–Crippen LogP) is 0.671. The smallest absolute Gasteiger partial charge is 0.273 e. The Hall–Kier alpha value is -1.51. The Morgan fingerprint density at radius 1 is 1.42 bits per heavy atom.